The highest BCUT2D eigenvalue weighted by Gasteiger charge is 2.24. The normalized spacial score (nSPS) is 15.9. The third-order valence-electron chi connectivity index (χ3n) is 3.74. The Labute approximate surface area is 128 Å². The van der Waals surface area contributed by atoms with E-state index in [9.17, 15) is 14.4 Å². The quantitative estimate of drug-likeness (QED) is 0.873. The first-order valence-electron chi connectivity index (χ1n) is 7.07. The number of carbonyl (C=O) groups excluding carboxylic acids is 2. The summed E-state index contributed by atoms with van der Waals surface area (Å²) < 4.78 is 0. The molecule has 22 heavy (non-hydrogen) atoms. The Hall–Kier alpha value is -2.57. The lowest BCUT2D eigenvalue weighted by Crippen LogP contribution is -2.46. The van der Waals surface area contributed by atoms with Gasteiger partial charge in [-0.3, -0.25) is 9.69 Å². The number of aliphatic carboxylic acids is 1. The number of hydrogen-bond acceptors (Lipinski definition) is 3. The van der Waals surface area contributed by atoms with E-state index in [1.807, 2.05) is 0 Å². The number of carbonyl (C=O) groups is 3. The van der Waals surface area contributed by atoms with Crippen molar-refractivity contribution < 1.29 is 19.5 Å². The predicted molar refractivity (Wildman–Crippen MR) is 81.0 cm³/mol. The van der Waals surface area contributed by atoms with E-state index in [2.05, 4.69) is 5.32 Å². The molecule has 0 radical (unpaired) electrons. The van der Waals surface area contributed by atoms with Gasteiger partial charge in [0.25, 0.3) is 5.91 Å². The molecule has 0 bridgehead atoms. The van der Waals surface area contributed by atoms with Crippen LogP contribution in [0.2, 0.25) is 0 Å². The van der Waals surface area contributed by atoms with Gasteiger partial charge in [0.05, 0.1) is 0 Å². The maximum Gasteiger partial charge on any atom is 0.326 e. The third kappa shape index (κ3) is 3.19. The average Bonchev–Trinajstić information content (AvgIpc) is 2.53. The van der Waals surface area contributed by atoms with Gasteiger partial charge in [-0.25, -0.2) is 9.59 Å². The Bertz CT molecular complexity index is 602. The number of carboxylic acid groups (broad SMARTS) is 1. The van der Waals surface area contributed by atoms with Crippen molar-refractivity contribution in [3.63, 3.8) is 0 Å². The van der Waals surface area contributed by atoms with Crippen LogP contribution in [0.15, 0.2) is 24.3 Å². The molecule has 1 atom stereocenters. The van der Waals surface area contributed by atoms with Gasteiger partial charge in [-0.1, -0.05) is 6.07 Å². The number of nitrogens with one attached hydrogen (secondary N) is 1. The number of nitrogens with zero attached hydrogens (tertiary/aromatic N) is 2. The van der Waals surface area contributed by atoms with E-state index in [1.165, 1.54) is 14.0 Å². The highest BCUT2D eigenvalue weighted by Crippen LogP contribution is 2.19. The lowest BCUT2D eigenvalue weighted by molar-refractivity contribution is -0.141. The number of anilines is 1. The van der Waals surface area contributed by atoms with E-state index < -0.39 is 17.9 Å². The summed E-state index contributed by atoms with van der Waals surface area (Å²) in [6.45, 7) is 2.68. The van der Waals surface area contributed by atoms with Crippen molar-refractivity contribution in [2.24, 2.45) is 0 Å². The molecule has 1 heterocycles. The first-order chi connectivity index (χ1) is 10.4. The van der Waals surface area contributed by atoms with Crippen molar-refractivity contribution in [2.45, 2.75) is 19.4 Å². The minimum atomic E-state index is -1.07. The highest BCUT2D eigenvalue weighted by atomic mass is 16.4. The van der Waals surface area contributed by atoms with E-state index in [1.54, 1.807) is 29.2 Å². The smallest absolute Gasteiger partial charge is 0.326 e. The number of amides is 3. The Kier molecular flexibility index (Phi) is 4.65. The first-order valence-corrected chi connectivity index (χ1v) is 7.07. The molecule has 7 heteroatoms. The second-order valence-electron chi connectivity index (χ2n) is 5.22. The van der Waals surface area contributed by atoms with Gasteiger partial charge < -0.3 is 15.3 Å². The molecule has 0 unspecified atom stereocenters. The van der Waals surface area contributed by atoms with Gasteiger partial charge >= 0.3 is 12.0 Å². The van der Waals surface area contributed by atoms with Crippen LogP contribution in [0.25, 0.3) is 0 Å². The molecule has 0 aliphatic carbocycles. The first kappa shape index (κ1) is 15.8. The fraction of sp³-hybridized carbons (Fsp3) is 0.400. The monoisotopic (exact) mass is 305 g/mol. The van der Waals surface area contributed by atoms with Gasteiger partial charge in [0.15, 0.2) is 0 Å². The zero-order chi connectivity index (χ0) is 16.3. The molecule has 1 aromatic carbocycles. The minimum absolute atomic E-state index is 0.192. The van der Waals surface area contributed by atoms with E-state index in [0.29, 0.717) is 24.3 Å². The number of hydrogen-bond donors (Lipinski definition) is 2. The minimum Gasteiger partial charge on any atom is -0.480 e. The molecule has 1 fully saturated rings. The summed E-state index contributed by atoms with van der Waals surface area (Å²) in [5, 5.41) is 11.7. The lowest BCUT2D eigenvalue weighted by atomic mass is 10.1. The Morgan fingerprint density at radius 3 is 2.77 bits per heavy atom. The molecule has 0 saturated carbocycles. The van der Waals surface area contributed by atoms with Gasteiger partial charge in [-0.15, -0.1) is 0 Å². The standard InChI is InChI=1S/C15H19N3O4/c1-10(14(20)21)17(2)13(19)11-5-3-6-12(9-11)18-8-4-7-16-15(18)22/h3,5-6,9-10H,4,7-8H2,1-2H3,(H,16,22)(H,20,21)/t10-/m1/s1. The topological polar surface area (TPSA) is 89.9 Å². The van der Waals surface area contributed by atoms with Gasteiger partial charge in [0.2, 0.25) is 0 Å². The molecule has 3 amide bonds. The summed E-state index contributed by atoms with van der Waals surface area (Å²) in [7, 11) is 1.45. The molecule has 1 aliphatic heterocycles. The van der Waals surface area contributed by atoms with Crippen LogP contribution in [-0.2, 0) is 4.79 Å². The maximum atomic E-state index is 12.4. The average molecular weight is 305 g/mol. The molecule has 7 nitrogen and oxygen atoms in total. The van der Waals surface area contributed by atoms with Crippen molar-refractivity contribution in [1.82, 2.24) is 10.2 Å². The van der Waals surface area contributed by atoms with Crippen molar-refractivity contribution in [3.8, 4) is 0 Å². The summed E-state index contributed by atoms with van der Waals surface area (Å²) in [6.07, 6.45) is 0.833. The summed E-state index contributed by atoms with van der Waals surface area (Å²) in [6, 6.07) is 5.54. The lowest BCUT2D eigenvalue weighted by Gasteiger charge is -2.28. The molecular formula is C15H19N3O4. The summed E-state index contributed by atoms with van der Waals surface area (Å²) in [5.74, 6) is -1.46. The van der Waals surface area contributed by atoms with Crippen molar-refractivity contribution in [1.29, 1.82) is 0 Å². The Balaban J connectivity index is 2.22. The van der Waals surface area contributed by atoms with Crippen LogP contribution in [0, 0.1) is 0 Å². The third-order valence-corrected chi connectivity index (χ3v) is 3.74. The van der Waals surface area contributed by atoms with Gasteiger partial charge in [-0.05, 0) is 31.5 Å². The number of rotatable bonds is 4. The molecule has 2 N–H and O–H groups in total. The molecule has 0 spiro atoms. The number of urea groups is 1. The number of benzene rings is 1. The number of carboxylic acids is 1. The van der Waals surface area contributed by atoms with Crippen LogP contribution >= 0.6 is 0 Å². The molecular weight excluding hydrogens is 286 g/mol. The zero-order valence-electron chi connectivity index (χ0n) is 12.6. The van der Waals surface area contributed by atoms with Crippen LogP contribution in [0.1, 0.15) is 23.7 Å². The second-order valence-corrected chi connectivity index (χ2v) is 5.22. The van der Waals surface area contributed by atoms with E-state index in [-0.39, 0.29) is 6.03 Å². The van der Waals surface area contributed by atoms with Gasteiger partial charge in [0.1, 0.15) is 6.04 Å². The van der Waals surface area contributed by atoms with Gasteiger partial charge in [-0.2, -0.15) is 0 Å². The molecule has 0 aromatic heterocycles. The summed E-state index contributed by atoms with van der Waals surface area (Å²) in [5.41, 5.74) is 0.978. The molecule has 1 saturated heterocycles. The molecule has 1 aromatic rings. The van der Waals surface area contributed by atoms with E-state index in [0.717, 1.165) is 11.3 Å². The largest absolute Gasteiger partial charge is 0.480 e. The number of likely N-dealkylation sites (N-methyl/N-ethyl adjacent to an activating group) is 1. The molecule has 2 rings (SSSR count). The van der Waals surface area contributed by atoms with E-state index in [4.69, 9.17) is 5.11 Å². The van der Waals surface area contributed by atoms with Crippen molar-refractivity contribution in [2.75, 3.05) is 25.0 Å². The summed E-state index contributed by atoms with van der Waals surface area (Å²) >= 11 is 0. The van der Waals surface area contributed by atoms with Gasteiger partial charge in [0, 0.05) is 31.4 Å². The predicted octanol–water partition coefficient (Wildman–Crippen LogP) is 1.15. The van der Waals surface area contributed by atoms with Crippen LogP contribution in [0.4, 0.5) is 10.5 Å². The fourth-order valence-corrected chi connectivity index (χ4v) is 2.23. The van der Waals surface area contributed by atoms with Crippen LogP contribution < -0.4 is 10.2 Å². The van der Waals surface area contributed by atoms with E-state index >= 15 is 0 Å². The highest BCUT2D eigenvalue weighted by molar-refractivity contribution is 5.99. The van der Waals surface area contributed by atoms with Crippen LogP contribution in [-0.4, -0.2) is 54.1 Å². The summed E-state index contributed by atoms with van der Waals surface area (Å²) in [4.78, 5) is 37.9. The second kappa shape index (κ2) is 6.46. The SMILES string of the molecule is C[C@H](C(=O)O)N(C)C(=O)c1cccc(N2CCCNC2=O)c1. The maximum absolute atomic E-state index is 12.4. The van der Waals surface area contributed by atoms with Crippen LogP contribution in [0.3, 0.4) is 0 Å². The van der Waals surface area contributed by atoms with Crippen molar-refractivity contribution >= 4 is 23.6 Å². The van der Waals surface area contributed by atoms with Crippen LogP contribution in [0.5, 0.6) is 0 Å². The molecule has 1 aliphatic rings. The Morgan fingerprint density at radius 1 is 1.41 bits per heavy atom. The zero-order valence-corrected chi connectivity index (χ0v) is 12.6. The fourth-order valence-electron chi connectivity index (χ4n) is 2.23. The molecule has 118 valence electrons. The van der Waals surface area contributed by atoms with Crippen molar-refractivity contribution in [3.05, 3.63) is 29.8 Å². The Morgan fingerprint density at radius 2 is 2.14 bits per heavy atom.